The summed E-state index contributed by atoms with van der Waals surface area (Å²) in [6, 6.07) is 0. The van der Waals surface area contributed by atoms with E-state index >= 15 is 0 Å². The number of rotatable bonds is 4. The molecule has 7 nitrogen and oxygen atoms in total. The Morgan fingerprint density at radius 2 is 2.24 bits per heavy atom. The van der Waals surface area contributed by atoms with Crippen LogP contribution >= 0.6 is 0 Å². The molecule has 0 radical (unpaired) electrons. The standard InChI is InChI=1S/C14H22N4O3/c19-8-9-21-11-2-6-17(7-3-11)13(20)12-10-18-5-1-4-15-14(18)16-12/h10-11,19H,1-9H2,(H,15,16). The van der Waals surface area contributed by atoms with Crippen molar-refractivity contribution in [3.63, 3.8) is 0 Å². The number of carbonyl (C=O) groups excluding carboxylic acids is 1. The van der Waals surface area contributed by atoms with E-state index in [2.05, 4.69) is 10.3 Å². The van der Waals surface area contributed by atoms with E-state index in [0.717, 1.165) is 38.3 Å². The highest BCUT2D eigenvalue weighted by Crippen LogP contribution is 2.19. The lowest BCUT2D eigenvalue weighted by Gasteiger charge is -2.31. The van der Waals surface area contributed by atoms with Crippen LogP contribution in [0.2, 0.25) is 0 Å². The summed E-state index contributed by atoms with van der Waals surface area (Å²) in [6.07, 6.45) is 4.69. The fourth-order valence-corrected chi connectivity index (χ4v) is 2.89. The first-order chi connectivity index (χ1) is 10.3. The summed E-state index contributed by atoms with van der Waals surface area (Å²) >= 11 is 0. The van der Waals surface area contributed by atoms with E-state index in [4.69, 9.17) is 9.84 Å². The van der Waals surface area contributed by atoms with Crippen molar-refractivity contribution in [2.24, 2.45) is 0 Å². The molecule has 0 bridgehead atoms. The number of imidazole rings is 1. The maximum atomic E-state index is 12.5. The van der Waals surface area contributed by atoms with Crippen LogP contribution in [0.25, 0.3) is 0 Å². The van der Waals surface area contributed by atoms with Gasteiger partial charge in [-0.3, -0.25) is 4.79 Å². The lowest BCUT2D eigenvalue weighted by molar-refractivity contribution is -0.00563. The second kappa shape index (κ2) is 6.44. The Bertz CT molecular complexity index is 471. The van der Waals surface area contributed by atoms with Gasteiger partial charge in [-0.1, -0.05) is 0 Å². The average molecular weight is 294 g/mol. The van der Waals surface area contributed by atoms with Gasteiger partial charge in [0.2, 0.25) is 5.95 Å². The van der Waals surface area contributed by atoms with Crippen LogP contribution in [-0.4, -0.2) is 64.4 Å². The number of anilines is 1. The first-order valence-electron chi connectivity index (χ1n) is 7.60. The summed E-state index contributed by atoms with van der Waals surface area (Å²) in [5, 5.41) is 12.0. The van der Waals surface area contributed by atoms with Gasteiger partial charge >= 0.3 is 0 Å². The van der Waals surface area contributed by atoms with Gasteiger partial charge < -0.3 is 24.6 Å². The zero-order valence-electron chi connectivity index (χ0n) is 12.1. The first kappa shape index (κ1) is 14.3. The molecule has 1 aromatic heterocycles. The third kappa shape index (κ3) is 3.19. The molecular weight excluding hydrogens is 272 g/mol. The number of likely N-dealkylation sites (tertiary alicyclic amines) is 1. The van der Waals surface area contributed by atoms with Crippen molar-refractivity contribution in [2.75, 3.05) is 38.2 Å². The van der Waals surface area contributed by atoms with Crippen LogP contribution < -0.4 is 5.32 Å². The van der Waals surface area contributed by atoms with Crippen molar-refractivity contribution in [1.29, 1.82) is 0 Å². The lowest BCUT2D eigenvalue weighted by atomic mass is 10.1. The molecule has 2 aliphatic rings. The summed E-state index contributed by atoms with van der Waals surface area (Å²) in [5.74, 6) is 0.796. The number of nitrogens with one attached hydrogen (secondary N) is 1. The smallest absolute Gasteiger partial charge is 0.274 e. The highest BCUT2D eigenvalue weighted by molar-refractivity contribution is 5.92. The number of ether oxygens (including phenoxy) is 1. The molecule has 0 aromatic carbocycles. The quantitative estimate of drug-likeness (QED) is 0.835. The molecule has 0 aliphatic carbocycles. The maximum absolute atomic E-state index is 12.5. The number of carbonyl (C=O) groups is 1. The number of hydrogen-bond donors (Lipinski definition) is 2. The fraction of sp³-hybridized carbons (Fsp3) is 0.714. The molecule has 0 spiro atoms. The number of amides is 1. The van der Waals surface area contributed by atoms with Gasteiger partial charge in [-0.25, -0.2) is 4.98 Å². The van der Waals surface area contributed by atoms with Gasteiger partial charge in [0.05, 0.1) is 19.3 Å². The van der Waals surface area contributed by atoms with Crippen molar-refractivity contribution in [2.45, 2.75) is 31.9 Å². The summed E-state index contributed by atoms with van der Waals surface area (Å²) in [7, 11) is 0. The normalized spacial score (nSPS) is 19.2. The molecule has 0 atom stereocenters. The Labute approximate surface area is 123 Å². The summed E-state index contributed by atoms with van der Waals surface area (Å²) in [5.41, 5.74) is 0.522. The molecular formula is C14H22N4O3. The van der Waals surface area contributed by atoms with E-state index in [1.807, 2.05) is 15.7 Å². The zero-order chi connectivity index (χ0) is 14.7. The fourth-order valence-electron chi connectivity index (χ4n) is 2.89. The van der Waals surface area contributed by atoms with E-state index in [0.29, 0.717) is 25.4 Å². The van der Waals surface area contributed by atoms with Crippen molar-refractivity contribution >= 4 is 11.9 Å². The molecule has 0 unspecified atom stereocenters. The van der Waals surface area contributed by atoms with Crippen LogP contribution in [0, 0.1) is 0 Å². The number of aliphatic hydroxyl groups is 1. The number of aryl methyl sites for hydroxylation is 1. The van der Waals surface area contributed by atoms with Gasteiger partial charge in [0, 0.05) is 32.4 Å². The van der Waals surface area contributed by atoms with Crippen LogP contribution in [-0.2, 0) is 11.3 Å². The summed E-state index contributed by atoms with van der Waals surface area (Å²) in [4.78, 5) is 18.7. The molecule has 3 rings (SSSR count). The van der Waals surface area contributed by atoms with Crippen LogP contribution in [0.15, 0.2) is 6.20 Å². The van der Waals surface area contributed by atoms with E-state index in [1.165, 1.54) is 0 Å². The number of nitrogens with zero attached hydrogens (tertiary/aromatic N) is 3. The van der Waals surface area contributed by atoms with Crippen molar-refractivity contribution in [3.8, 4) is 0 Å². The minimum atomic E-state index is -0.000641. The predicted octanol–water partition coefficient (Wildman–Crippen LogP) is 0.312. The van der Waals surface area contributed by atoms with Gasteiger partial charge in [-0.15, -0.1) is 0 Å². The number of fused-ring (bicyclic) bond motifs is 1. The SMILES string of the molecule is O=C(c1cn2c(n1)NCCC2)N1CCC(OCCO)CC1. The van der Waals surface area contributed by atoms with Crippen LogP contribution in [0.5, 0.6) is 0 Å². The molecule has 1 amide bonds. The highest BCUT2D eigenvalue weighted by atomic mass is 16.5. The maximum Gasteiger partial charge on any atom is 0.274 e. The van der Waals surface area contributed by atoms with E-state index in [-0.39, 0.29) is 18.6 Å². The van der Waals surface area contributed by atoms with Crippen molar-refractivity contribution in [3.05, 3.63) is 11.9 Å². The molecule has 0 saturated carbocycles. The van der Waals surface area contributed by atoms with E-state index in [9.17, 15) is 4.79 Å². The second-order valence-electron chi connectivity index (χ2n) is 5.51. The summed E-state index contributed by atoms with van der Waals surface area (Å²) in [6.45, 7) is 3.62. The molecule has 1 aromatic rings. The minimum Gasteiger partial charge on any atom is -0.394 e. The molecule has 21 heavy (non-hydrogen) atoms. The number of aliphatic hydroxyl groups excluding tert-OH is 1. The molecule has 3 heterocycles. The first-order valence-corrected chi connectivity index (χ1v) is 7.60. The molecule has 1 saturated heterocycles. The van der Waals surface area contributed by atoms with Crippen molar-refractivity contribution < 1.29 is 14.6 Å². The van der Waals surface area contributed by atoms with Gasteiger partial charge in [0.25, 0.3) is 5.91 Å². The van der Waals surface area contributed by atoms with E-state index < -0.39 is 0 Å². The topological polar surface area (TPSA) is 79.6 Å². The third-order valence-electron chi connectivity index (χ3n) is 4.03. The van der Waals surface area contributed by atoms with Crippen molar-refractivity contribution in [1.82, 2.24) is 14.5 Å². The predicted molar refractivity (Wildman–Crippen MR) is 77.3 cm³/mol. The van der Waals surface area contributed by atoms with Gasteiger partial charge in [0.1, 0.15) is 5.69 Å². The number of piperidine rings is 1. The average Bonchev–Trinajstić information content (AvgIpc) is 2.96. The van der Waals surface area contributed by atoms with Crippen LogP contribution in [0.4, 0.5) is 5.95 Å². The number of aromatic nitrogens is 2. The molecule has 1 fully saturated rings. The largest absolute Gasteiger partial charge is 0.394 e. The van der Waals surface area contributed by atoms with Gasteiger partial charge in [-0.2, -0.15) is 0 Å². The van der Waals surface area contributed by atoms with Crippen LogP contribution in [0.3, 0.4) is 0 Å². The molecule has 2 N–H and O–H groups in total. The molecule has 2 aliphatic heterocycles. The third-order valence-corrected chi connectivity index (χ3v) is 4.03. The van der Waals surface area contributed by atoms with Gasteiger partial charge in [0.15, 0.2) is 0 Å². The zero-order valence-corrected chi connectivity index (χ0v) is 12.1. The van der Waals surface area contributed by atoms with Crippen LogP contribution in [0.1, 0.15) is 29.8 Å². The Kier molecular flexibility index (Phi) is 4.40. The van der Waals surface area contributed by atoms with E-state index in [1.54, 1.807) is 0 Å². The highest BCUT2D eigenvalue weighted by Gasteiger charge is 2.26. The Morgan fingerprint density at radius 3 is 2.95 bits per heavy atom. The Hall–Kier alpha value is -1.60. The minimum absolute atomic E-state index is 0.000641. The molecule has 116 valence electrons. The second-order valence-corrected chi connectivity index (χ2v) is 5.51. The number of hydrogen-bond acceptors (Lipinski definition) is 5. The Morgan fingerprint density at radius 1 is 1.43 bits per heavy atom. The lowest BCUT2D eigenvalue weighted by Crippen LogP contribution is -2.41. The molecule has 7 heteroatoms. The summed E-state index contributed by atoms with van der Waals surface area (Å²) < 4.78 is 7.52. The Balaban J connectivity index is 1.57. The van der Waals surface area contributed by atoms with Gasteiger partial charge in [-0.05, 0) is 19.3 Å². The monoisotopic (exact) mass is 294 g/mol.